The first kappa shape index (κ1) is 23.5. The molecule has 0 aliphatic heterocycles. The molecule has 10 heteroatoms. The van der Waals surface area contributed by atoms with Crippen molar-refractivity contribution in [3.05, 3.63) is 81.8 Å². The minimum atomic E-state index is -1.30. The third-order valence-corrected chi connectivity index (χ3v) is 5.69. The van der Waals surface area contributed by atoms with Gasteiger partial charge in [-0.25, -0.2) is 4.79 Å². The van der Waals surface area contributed by atoms with Gasteiger partial charge in [0.25, 0.3) is 5.91 Å². The molecule has 0 spiro atoms. The highest BCUT2D eigenvalue weighted by Gasteiger charge is 2.13. The topological polar surface area (TPSA) is 116 Å². The van der Waals surface area contributed by atoms with Gasteiger partial charge in [-0.15, -0.1) is 11.8 Å². The number of halogens is 2. The third kappa shape index (κ3) is 6.16. The molecule has 4 N–H and O–H groups in total. The van der Waals surface area contributed by atoms with Crippen LogP contribution in [0.4, 0.5) is 11.4 Å². The number of carboxylic acid groups (broad SMARTS) is 1. The van der Waals surface area contributed by atoms with E-state index in [1.165, 1.54) is 42.1 Å². The number of nitrogens with one attached hydrogen (secondary N) is 2. The van der Waals surface area contributed by atoms with Gasteiger partial charge in [0.05, 0.1) is 16.3 Å². The smallest absolute Gasteiger partial charge is 0.339 e. The molecule has 0 fully saturated rings. The van der Waals surface area contributed by atoms with Crippen molar-refractivity contribution in [2.75, 3.05) is 16.4 Å². The van der Waals surface area contributed by atoms with E-state index in [-0.39, 0.29) is 39.2 Å². The first-order valence-corrected chi connectivity index (χ1v) is 10.8. The predicted molar refractivity (Wildman–Crippen MR) is 125 cm³/mol. The summed E-state index contributed by atoms with van der Waals surface area (Å²) in [6, 6.07) is 15.3. The van der Waals surface area contributed by atoms with Crippen molar-refractivity contribution in [3.8, 4) is 5.75 Å². The fourth-order valence-corrected chi connectivity index (χ4v) is 3.92. The number of benzene rings is 3. The molecule has 164 valence electrons. The van der Waals surface area contributed by atoms with Crippen LogP contribution >= 0.6 is 35.0 Å². The molecule has 3 rings (SSSR count). The van der Waals surface area contributed by atoms with Crippen LogP contribution in [0.1, 0.15) is 20.7 Å². The maximum absolute atomic E-state index is 12.5. The van der Waals surface area contributed by atoms with Gasteiger partial charge in [0.2, 0.25) is 5.91 Å². The van der Waals surface area contributed by atoms with Gasteiger partial charge in [-0.05, 0) is 54.6 Å². The van der Waals surface area contributed by atoms with Crippen LogP contribution in [0.25, 0.3) is 0 Å². The maximum atomic E-state index is 12.5. The van der Waals surface area contributed by atoms with Crippen LogP contribution in [-0.2, 0) is 4.79 Å². The number of carbonyl (C=O) groups excluding carboxylic acids is 2. The molecule has 0 aliphatic rings. The van der Waals surface area contributed by atoms with Crippen LogP contribution in [-0.4, -0.2) is 33.7 Å². The second kappa shape index (κ2) is 10.4. The number of hydrogen-bond donors (Lipinski definition) is 4. The summed E-state index contributed by atoms with van der Waals surface area (Å²) in [6.45, 7) is 0. The van der Waals surface area contributed by atoms with Gasteiger partial charge in [-0.3, -0.25) is 9.59 Å². The summed E-state index contributed by atoms with van der Waals surface area (Å²) in [6.07, 6.45) is 0. The maximum Gasteiger partial charge on any atom is 0.339 e. The molecule has 0 unspecified atom stereocenters. The van der Waals surface area contributed by atoms with Gasteiger partial charge in [-0.2, -0.15) is 0 Å². The number of carboxylic acids is 1. The Labute approximate surface area is 197 Å². The fourth-order valence-electron chi connectivity index (χ4n) is 2.67. The van der Waals surface area contributed by atoms with Gasteiger partial charge >= 0.3 is 5.97 Å². The lowest BCUT2D eigenvalue weighted by atomic mass is 10.2. The Hall–Kier alpha value is -3.20. The summed E-state index contributed by atoms with van der Waals surface area (Å²) in [7, 11) is 0. The zero-order valence-corrected chi connectivity index (χ0v) is 18.6. The Balaban J connectivity index is 1.60. The Kier molecular flexibility index (Phi) is 7.63. The van der Waals surface area contributed by atoms with E-state index in [1.54, 1.807) is 30.3 Å². The van der Waals surface area contributed by atoms with E-state index >= 15 is 0 Å². The molecule has 0 saturated carbocycles. The monoisotopic (exact) mass is 490 g/mol. The zero-order valence-electron chi connectivity index (χ0n) is 16.3. The lowest BCUT2D eigenvalue weighted by Gasteiger charge is -2.09. The number of amides is 2. The van der Waals surface area contributed by atoms with E-state index in [9.17, 15) is 19.5 Å². The Morgan fingerprint density at radius 2 is 1.62 bits per heavy atom. The van der Waals surface area contributed by atoms with E-state index < -0.39 is 11.9 Å². The van der Waals surface area contributed by atoms with Crippen molar-refractivity contribution in [1.82, 2.24) is 0 Å². The molecular weight excluding hydrogens is 475 g/mol. The van der Waals surface area contributed by atoms with Gasteiger partial charge in [0.15, 0.2) is 0 Å². The molecule has 0 aliphatic carbocycles. The molecule has 32 heavy (non-hydrogen) atoms. The van der Waals surface area contributed by atoms with Crippen LogP contribution in [0.15, 0.2) is 65.6 Å². The van der Waals surface area contributed by atoms with E-state index in [4.69, 9.17) is 28.3 Å². The van der Waals surface area contributed by atoms with Gasteiger partial charge in [-0.1, -0.05) is 29.3 Å². The summed E-state index contributed by atoms with van der Waals surface area (Å²) < 4.78 is 0. The average Bonchev–Trinajstić information content (AvgIpc) is 2.73. The molecule has 3 aromatic rings. The van der Waals surface area contributed by atoms with Crippen LogP contribution in [0, 0.1) is 0 Å². The molecule has 0 radical (unpaired) electrons. The molecule has 0 atom stereocenters. The van der Waals surface area contributed by atoms with Crippen molar-refractivity contribution in [2.24, 2.45) is 0 Å². The Morgan fingerprint density at radius 1 is 0.875 bits per heavy atom. The molecule has 0 saturated heterocycles. The number of anilines is 2. The third-order valence-electron chi connectivity index (χ3n) is 4.15. The Morgan fingerprint density at radius 3 is 2.34 bits per heavy atom. The molecular formula is C22H16Cl2N2O5S. The quantitative estimate of drug-likeness (QED) is 0.261. The standard InChI is InChI=1S/C22H16Cl2N2O5S/c23-12-4-6-16(18(24)8-12)21(29)26-13-2-1-3-15(9-13)32-11-20(28)25-14-5-7-19(27)17(10-14)22(30)31/h1-10,27H,11H2,(H,25,28)(H,26,29)(H,30,31). The van der Waals surface area contributed by atoms with Gasteiger partial charge in [0, 0.05) is 21.3 Å². The number of hydrogen-bond acceptors (Lipinski definition) is 5. The summed E-state index contributed by atoms with van der Waals surface area (Å²) in [4.78, 5) is 36.5. The number of aromatic carboxylic acids is 1. The largest absolute Gasteiger partial charge is 0.507 e. The molecule has 7 nitrogen and oxygen atoms in total. The molecule has 0 bridgehead atoms. The van der Waals surface area contributed by atoms with Crippen molar-refractivity contribution in [1.29, 1.82) is 0 Å². The molecule has 3 aromatic carbocycles. The fraction of sp³-hybridized carbons (Fsp3) is 0.0455. The zero-order chi connectivity index (χ0) is 23.3. The molecule has 0 heterocycles. The minimum Gasteiger partial charge on any atom is -0.507 e. The first-order chi connectivity index (χ1) is 15.2. The van der Waals surface area contributed by atoms with E-state index in [2.05, 4.69) is 10.6 Å². The SMILES string of the molecule is O=C(CSc1cccc(NC(=O)c2ccc(Cl)cc2Cl)c1)Nc1ccc(O)c(C(=O)O)c1. The highest BCUT2D eigenvalue weighted by Crippen LogP contribution is 2.25. The van der Waals surface area contributed by atoms with E-state index in [0.29, 0.717) is 10.7 Å². The van der Waals surface area contributed by atoms with Gasteiger partial charge < -0.3 is 20.8 Å². The van der Waals surface area contributed by atoms with Crippen LogP contribution in [0.5, 0.6) is 5.75 Å². The van der Waals surface area contributed by atoms with Crippen LogP contribution in [0.3, 0.4) is 0 Å². The van der Waals surface area contributed by atoms with Crippen molar-refractivity contribution in [3.63, 3.8) is 0 Å². The molecule has 2 amide bonds. The summed E-state index contributed by atoms with van der Waals surface area (Å²) in [5, 5.41) is 24.6. The van der Waals surface area contributed by atoms with E-state index in [0.717, 1.165) is 4.90 Å². The second-order valence-corrected chi connectivity index (χ2v) is 8.37. The predicted octanol–water partition coefficient (Wildman–Crippen LogP) is 5.38. The summed E-state index contributed by atoms with van der Waals surface area (Å²) in [5.41, 5.74) is 0.755. The van der Waals surface area contributed by atoms with E-state index in [1.807, 2.05) is 0 Å². The van der Waals surface area contributed by atoms with Crippen LogP contribution < -0.4 is 10.6 Å². The first-order valence-electron chi connectivity index (χ1n) is 9.08. The number of thioether (sulfide) groups is 1. The normalized spacial score (nSPS) is 10.4. The minimum absolute atomic E-state index is 0.0453. The van der Waals surface area contributed by atoms with Crippen LogP contribution in [0.2, 0.25) is 10.0 Å². The number of rotatable bonds is 7. The lowest BCUT2D eigenvalue weighted by Crippen LogP contribution is -2.14. The highest BCUT2D eigenvalue weighted by atomic mass is 35.5. The number of carbonyl (C=O) groups is 3. The van der Waals surface area contributed by atoms with Crippen molar-refractivity contribution >= 4 is 64.1 Å². The summed E-state index contributed by atoms with van der Waals surface area (Å²) in [5.74, 6) is -2.40. The average molecular weight is 491 g/mol. The molecule has 0 aromatic heterocycles. The number of aromatic hydroxyl groups is 1. The summed E-state index contributed by atoms with van der Waals surface area (Å²) >= 11 is 13.2. The number of phenols is 1. The Bertz CT molecular complexity index is 1200. The second-order valence-electron chi connectivity index (χ2n) is 6.48. The highest BCUT2D eigenvalue weighted by molar-refractivity contribution is 8.00. The van der Waals surface area contributed by atoms with Gasteiger partial charge in [0.1, 0.15) is 11.3 Å². The lowest BCUT2D eigenvalue weighted by molar-refractivity contribution is -0.113. The van der Waals surface area contributed by atoms with Crippen molar-refractivity contribution < 1.29 is 24.6 Å². The van der Waals surface area contributed by atoms with Crippen molar-refractivity contribution in [2.45, 2.75) is 4.90 Å².